The molecule has 2 rings (SSSR count). The molecule has 22 heavy (non-hydrogen) atoms. The molecule has 1 saturated heterocycles. The van der Waals surface area contributed by atoms with E-state index in [9.17, 15) is 18.5 Å². The maximum atomic E-state index is 11.9. The van der Waals surface area contributed by atoms with Gasteiger partial charge in [-0.15, -0.1) is 0 Å². The first-order valence-electron chi connectivity index (χ1n) is 7.31. The molecule has 1 fully saturated rings. The number of anilines is 1. The maximum Gasteiger partial charge on any atom is 0.292 e. The minimum absolute atomic E-state index is 0.0380. The second-order valence-corrected chi connectivity index (χ2v) is 7.70. The molecule has 8 heteroatoms. The van der Waals surface area contributed by atoms with E-state index in [4.69, 9.17) is 0 Å². The minimum Gasteiger partial charge on any atom is -0.366 e. The molecule has 0 aromatic heterocycles. The quantitative estimate of drug-likeness (QED) is 0.609. The predicted octanol–water partition coefficient (Wildman–Crippen LogP) is 1.85. The third kappa shape index (κ3) is 3.38. The molecule has 1 aliphatic rings. The Kier molecular flexibility index (Phi) is 5.02. The number of para-hydroxylation sites is 2. The summed E-state index contributed by atoms with van der Waals surface area (Å²) in [5, 5.41) is 11.1. The molecule has 0 N–H and O–H groups in total. The van der Waals surface area contributed by atoms with Gasteiger partial charge in [0.05, 0.1) is 10.7 Å². The zero-order valence-electron chi connectivity index (χ0n) is 12.8. The Bertz CT molecular complexity index is 639. The Hall–Kier alpha value is -1.67. The average molecular weight is 327 g/mol. The molecule has 0 bridgehead atoms. The molecule has 122 valence electrons. The number of nitro groups is 1. The number of hydrogen-bond donors (Lipinski definition) is 0. The van der Waals surface area contributed by atoms with E-state index in [1.165, 1.54) is 10.4 Å². The van der Waals surface area contributed by atoms with Crippen LogP contribution in [0.5, 0.6) is 0 Å². The van der Waals surface area contributed by atoms with Crippen molar-refractivity contribution in [1.82, 2.24) is 4.31 Å². The highest BCUT2D eigenvalue weighted by atomic mass is 32.2. The van der Waals surface area contributed by atoms with Crippen molar-refractivity contribution in [2.24, 2.45) is 0 Å². The summed E-state index contributed by atoms with van der Waals surface area (Å²) in [5.41, 5.74) is 0.697. The fourth-order valence-electron chi connectivity index (χ4n) is 2.79. The number of rotatable bonds is 5. The number of sulfonamides is 1. The van der Waals surface area contributed by atoms with Crippen LogP contribution in [0.15, 0.2) is 24.3 Å². The van der Waals surface area contributed by atoms with E-state index in [-0.39, 0.29) is 22.4 Å². The van der Waals surface area contributed by atoms with E-state index in [2.05, 4.69) is 0 Å². The van der Waals surface area contributed by atoms with Crippen LogP contribution in [0.4, 0.5) is 11.4 Å². The van der Waals surface area contributed by atoms with E-state index in [0.717, 1.165) is 0 Å². The van der Waals surface area contributed by atoms with Gasteiger partial charge in [-0.25, -0.2) is 12.7 Å². The first-order chi connectivity index (χ1) is 10.4. The van der Waals surface area contributed by atoms with Gasteiger partial charge in [0.2, 0.25) is 10.0 Å². The largest absolute Gasteiger partial charge is 0.366 e. The fourth-order valence-corrected chi connectivity index (χ4v) is 3.86. The lowest BCUT2D eigenvalue weighted by Crippen LogP contribution is -2.46. The zero-order chi connectivity index (χ0) is 16.3. The van der Waals surface area contributed by atoms with E-state index < -0.39 is 10.0 Å². The third-order valence-corrected chi connectivity index (χ3v) is 6.11. The van der Waals surface area contributed by atoms with Crippen LogP contribution in [-0.4, -0.2) is 49.6 Å². The molecule has 1 aromatic carbocycles. The summed E-state index contributed by atoms with van der Waals surface area (Å²) in [6.45, 7) is 2.85. The molecule has 0 amide bonds. The van der Waals surface area contributed by atoms with Gasteiger partial charge in [-0.05, 0) is 25.8 Å². The van der Waals surface area contributed by atoms with E-state index in [0.29, 0.717) is 31.6 Å². The van der Waals surface area contributed by atoms with Gasteiger partial charge >= 0.3 is 0 Å². The van der Waals surface area contributed by atoms with Crippen LogP contribution in [0.2, 0.25) is 0 Å². The number of hydrogen-bond acceptors (Lipinski definition) is 5. The Labute approximate surface area is 130 Å². The minimum atomic E-state index is -3.19. The molecule has 0 radical (unpaired) electrons. The summed E-state index contributed by atoms with van der Waals surface area (Å²) >= 11 is 0. The SMILES string of the molecule is CCS(=O)(=O)N(C)C1CCN(c2ccccc2[N+](=O)[O-])CC1. The van der Waals surface area contributed by atoms with Gasteiger partial charge in [0.15, 0.2) is 0 Å². The van der Waals surface area contributed by atoms with Crippen molar-refractivity contribution in [3.63, 3.8) is 0 Å². The number of piperidine rings is 1. The van der Waals surface area contributed by atoms with E-state index >= 15 is 0 Å². The lowest BCUT2D eigenvalue weighted by Gasteiger charge is -2.36. The van der Waals surface area contributed by atoms with Gasteiger partial charge in [0.25, 0.3) is 5.69 Å². The lowest BCUT2D eigenvalue weighted by atomic mass is 10.0. The predicted molar refractivity (Wildman–Crippen MR) is 85.6 cm³/mol. The molecule has 7 nitrogen and oxygen atoms in total. The van der Waals surface area contributed by atoms with Crippen molar-refractivity contribution < 1.29 is 13.3 Å². The van der Waals surface area contributed by atoms with Crippen molar-refractivity contribution >= 4 is 21.4 Å². The Morgan fingerprint density at radius 3 is 2.45 bits per heavy atom. The molecule has 0 unspecified atom stereocenters. The van der Waals surface area contributed by atoms with Crippen molar-refractivity contribution in [1.29, 1.82) is 0 Å². The fraction of sp³-hybridized carbons (Fsp3) is 0.571. The van der Waals surface area contributed by atoms with Crippen LogP contribution in [0.3, 0.4) is 0 Å². The average Bonchev–Trinajstić information content (AvgIpc) is 2.54. The summed E-state index contributed by atoms with van der Waals surface area (Å²) in [7, 11) is -1.58. The van der Waals surface area contributed by atoms with Gasteiger partial charge < -0.3 is 4.90 Å². The standard InChI is InChI=1S/C14H21N3O4S/c1-3-22(20,21)15(2)12-8-10-16(11-9-12)13-6-4-5-7-14(13)17(18)19/h4-7,12H,3,8-11H2,1-2H3. The van der Waals surface area contributed by atoms with E-state index in [1.807, 2.05) is 4.90 Å². The Morgan fingerprint density at radius 1 is 1.32 bits per heavy atom. The highest BCUT2D eigenvalue weighted by molar-refractivity contribution is 7.89. The summed E-state index contributed by atoms with van der Waals surface area (Å²) in [4.78, 5) is 12.7. The number of nitro benzene ring substituents is 1. The van der Waals surface area contributed by atoms with Gasteiger partial charge in [-0.2, -0.15) is 0 Å². The molecule has 0 aliphatic carbocycles. The summed E-state index contributed by atoms with van der Waals surface area (Å²) in [5.74, 6) is 0.0911. The lowest BCUT2D eigenvalue weighted by molar-refractivity contribution is -0.384. The smallest absolute Gasteiger partial charge is 0.292 e. The van der Waals surface area contributed by atoms with Crippen LogP contribution in [-0.2, 0) is 10.0 Å². The highest BCUT2D eigenvalue weighted by Crippen LogP contribution is 2.30. The van der Waals surface area contributed by atoms with E-state index in [1.54, 1.807) is 32.2 Å². The zero-order valence-corrected chi connectivity index (χ0v) is 13.6. The monoisotopic (exact) mass is 327 g/mol. The molecular weight excluding hydrogens is 306 g/mol. The topological polar surface area (TPSA) is 83.8 Å². The first-order valence-corrected chi connectivity index (χ1v) is 8.91. The molecule has 1 aromatic rings. The van der Waals surface area contributed by atoms with Crippen molar-refractivity contribution in [2.75, 3.05) is 30.8 Å². The molecule has 1 aliphatic heterocycles. The summed E-state index contributed by atoms with van der Waals surface area (Å²) < 4.78 is 25.3. The summed E-state index contributed by atoms with van der Waals surface area (Å²) in [6, 6.07) is 6.63. The molecule has 0 atom stereocenters. The van der Waals surface area contributed by atoms with Crippen molar-refractivity contribution in [2.45, 2.75) is 25.8 Å². The molecule has 0 spiro atoms. The van der Waals surface area contributed by atoms with Crippen LogP contribution in [0.1, 0.15) is 19.8 Å². The third-order valence-electron chi connectivity index (χ3n) is 4.20. The number of nitrogens with zero attached hydrogens (tertiary/aromatic N) is 3. The van der Waals surface area contributed by atoms with Gasteiger partial charge in [-0.3, -0.25) is 10.1 Å². The normalized spacial score (nSPS) is 17.0. The highest BCUT2D eigenvalue weighted by Gasteiger charge is 2.30. The van der Waals surface area contributed by atoms with Gasteiger partial charge in [0, 0.05) is 32.2 Å². The Morgan fingerprint density at radius 2 is 1.91 bits per heavy atom. The number of benzene rings is 1. The van der Waals surface area contributed by atoms with Gasteiger partial charge in [-0.1, -0.05) is 12.1 Å². The van der Waals surface area contributed by atoms with Crippen LogP contribution in [0.25, 0.3) is 0 Å². The Balaban J connectivity index is 2.09. The van der Waals surface area contributed by atoms with Gasteiger partial charge in [0.1, 0.15) is 5.69 Å². The second kappa shape index (κ2) is 6.62. The van der Waals surface area contributed by atoms with Crippen LogP contribution in [0, 0.1) is 10.1 Å². The first kappa shape index (κ1) is 16.7. The molecule has 0 saturated carbocycles. The van der Waals surface area contributed by atoms with Crippen LogP contribution < -0.4 is 4.90 Å². The summed E-state index contributed by atoms with van der Waals surface area (Å²) in [6.07, 6.45) is 1.34. The molecule has 1 heterocycles. The van der Waals surface area contributed by atoms with Crippen molar-refractivity contribution in [3.8, 4) is 0 Å². The maximum absolute atomic E-state index is 11.9. The molecular formula is C14H21N3O4S. The second-order valence-electron chi connectivity index (χ2n) is 5.38. The van der Waals surface area contributed by atoms with Crippen LogP contribution >= 0.6 is 0 Å². The van der Waals surface area contributed by atoms with Crippen molar-refractivity contribution in [3.05, 3.63) is 34.4 Å².